The number of hydrogen-bond acceptors (Lipinski definition) is 5. The lowest BCUT2D eigenvalue weighted by Gasteiger charge is -2.27. The van der Waals surface area contributed by atoms with E-state index in [0.29, 0.717) is 16.8 Å². The van der Waals surface area contributed by atoms with Crippen molar-refractivity contribution in [1.82, 2.24) is 26.4 Å². The van der Waals surface area contributed by atoms with Crippen molar-refractivity contribution in [1.29, 1.82) is 0 Å². The minimum atomic E-state index is -1.02. The number of carbonyl (C=O) groups is 3. The summed E-state index contributed by atoms with van der Waals surface area (Å²) in [6.07, 6.45) is 1.51. The maximum Gasteiger partial charge on any atom is 0.312 e. The van der Waals surface area contributed by atoms with E-state index in [4.69, 9.17) is 5.73 Å². The molecule has 4 aromatic rings. The van der Waals surface area contributed by atoms with E-state index in [9.17, 15) is 14.4 Å². The summed E-state index contributed by atoms with van der Waals surface area (Å²) in [4.78, 5) is 45.3. The molecule has 0 aromatic heterocycles. The number of nitrogens with zero attached hydrogens (tertiary/aromatic N) is 2. The third kappa shape index (κ3) is 7.87. The smallest absolute Gasteiger partial charge is 0.312 e. The van der Waals surface area contributed by atoms with E-state index in [1.807, 2.05) is 103 Å². The van der Waals surface area contributed by atoms with Crippen LogP contribution in [0, 0.1) is 0 Å². The Kier molecular flexibility index (Phi) is 10.8. The van der Waals surface area contributed by atoms with Crippen LogP contribution < -0.4 is 27.2 Å². The largest absolute Gasteiger partial charge is 0.352 e. The van der Waals surface area contributed by atoms with Crippen molar-refractivity contribution in [2.45, 2.75) is 18.5 Å². The quantitative estimate of drug-likeness (QED) is 0.0963. The van der Waals surface area contributed by atoms with Crippen molar-refractivity contribution in [3.05, 3.63) is 125 Å². The van der Waals surface area contributed by atoms with Crippen LogP contribution >= 0.6 is 0 Å². The molecule has 10 heteroatoms. The van der Waals surface area contributed by atoms with E-state index < -0.39 is 18.0 Å². The first-order valence-electron chi connectivity index (χ1n) is 14.1. The lowest BCUT2D eigenvalue weighted by atomic mass is 9.88. The Hall–Kier alpha value is -5.48. The van der Waals surface area contributed by atoms with E-state index in [0.717, 1.165) is 22.3 Å². The van der Waals surface area contributed by atoms with Crippen LogP contribution in [0.4, 0.5) is 10.5 Å². The molecule has 0 saturated heterocycles. The Morgan fingerprint density at radius 3 is 2.00 bits per heavy atom. The SMILES string of the molecule is CNNC=Nc1cccc(C(NC(=O)C(c2ccccc2)c2ccccc2)C(=O)N(C)C)c1-c1ccc(CNC(N)=O)cc1. The Bertz CT molecular complexity index is 1550. The number of nitrogens with one attached hydrogen (secondary N) is 4. The Labute approximate surface area is 257 Å². The first-order chi connectivity index (χ1) is 21.3. The van der Waals surface area contributed by atoms with Gasteiger partial charge < -0.3 is 26.7 Å². The Balaban J connectivity index is 1.82. The fraction of sp³-hybridized carbons (Fsp3) is 0.176. The molecule has 1 atom stereocenters. The first kappa shape index (κ1) is 31.5. The maximum absolute atomic E-state index is 14.2. The van der Waals surface area contributed by atoms with Gasteiger partial charge in [-0.05, 0) is 33.9 Å². The predicted molar refractivity (Wildman–Crippen MR) is 173 cm³/mol. The van der Waals surface area contributed by atoms with Crippen LogP contribution in [-0.4, -0.2) is 50.2 Å². The van der Waals surface area contributed by atoms with Crippen molar-refractivity contribution < 1.29 is 14.4 Å². The molecule has 4 aromatic carbocycles. The summed E-state index contributed by atoms with van der Waals surface area (Å²) in [5.41, 5.74) is 16.0. The summed E-state index contributed by atoms with van der Waals surface area (Å²) >= 11 is 0. The van der Waals surface area contributed by atoms with Gasteiger partial charge in [0.1, 0.15) is 12.4 Å². The molecule has 10 nitrogen and oxygen atoms in total. The van der Waals surface area contributed by atoms with Crippen LogP contribution in [0.5, 0.6) is 0 Å². The fourth-order valence-electron chi connectivity index (χ4n) is 4.91. The van der Waals surface area contributed by atoms with Crippen LogP contribution in [0.15, 0.2) is 108 Å². The molecule has 44 heavy (non-hydrogen) atoms. The average molecular weight is 592 g/mol. The van der Waals surface area contributed by atoms with Gasteiger partial charge in [-0.2, -0.15) is 0 Å². The van der Waals surface area contributed by atoms with Crippen molar-refractivity contribution in [3.8, 4) is 11.1 Å². The molecule has 4 amide bonds. The summed E-state index contributed by atoms with van der Waals surface area (Å²) in [5, 5.41) is 5.67. The molecule has 1 unspecified atom stereocenters. The third-order valence-electron chi connectivity index (χ3n) is 7.01. The molecule has 0 spiro atoms. The number of hydrazine groups is 1. The summed E-state index contributed by atoms with van der Waals surface area (Å²) < 4.78 is 0. The zero-order valence-electron chi connectivity index (χ0n) is 25.0. The molecular weight excluding hydrogens is 554 g/mol. The molecule has 0 bridgehead atoms. The fourth-order valence-corrected chi connectivity index (χ4v) is 4.91. The van der Waals surface area contributed by atoms with Gasteiger partial charge in [-0.1, -0.05) is 97.1 Å². The highest BCUT2D eigenvalue weighted by molar-refractivity contribution is 5.95. The summed E-state index contributed by atoms with van der Waals surface area (Å²) in [6.45, 7) is 0.270. The summed E-state index contributed by atoms with van der Waals surface area (Å²) in [7, 11) is 5.04. The van der Waals surface area contributed by atoms with Crippen LogP contribution in [-0.2, 0) is 16.1 Å². The molecule has 0 saturated carbocycles. The van der Waals surface area contributed by atoms with Crippen molar-refractivity contribution in [2.24, 2.45) is 10.7 Å². The minimum absolute atomic E-state index is 0.270. The van der Waals surface area contributed by atoms with Gasteiger partial charge >= 0.3 is 6.03 Å². The topological polar surface area (TPSA) is 141 Å². The van der Waals surface area contributed by atoms with Gasteiger partial charge in [-0.25, -0.2) is 15.2 Å². The molecule has 0 aliphatic heterocycles. The van der Waals surface area contributed by atoms with Gasteiger partial charge in [-0.3, -0.25) is 9.59 Å². The highest BCUT2D eigenvalue weighted by Gasteiger charge is 2.32. The molecule has 0 radical (unpaired) electrons. The molecule has 0 aliphatic carbocycles. The highest BCUT2D eigenvalue weighted by Crippen LogP contribution is 2.38. The second-order valence-corrected chi connectivity index (χ2v) is 10.2. The van der Waals surface area contributed by atoms with Crippen LogP contribution in [0.1, 0.15) is 34.2 Å². The van der Waals surface area contributed by atoms with Gasteiger partial charge in [0.05, 0.1) is 11.6 Å². The van der Waals surface area contributed by atoms with Crippen molar-refractivity contribution >= 4 is 29.9 Å². The van der Waals surface area contributed by atoms with Gasteiger partial charge in [0.15, 0.2) is 0 Å². The summed E-state index contributed by atoms with van der Waals surface area (Å²) in [5.74, 6) is -1.25. The monoisotopic (exact) mass is 591 g/mol. The molecule has 4 rings (SSSR count). The number of amides is 4. The normalized spacial score (nSPS) is 11.6. The number of urea groups is 1. The van der Waals surface area contributed by atoms with Crippen LogP contribution in [0.2, 0.25) is 0 Å². The van der Waals surface area contributed by atoms with E-state index >= 15 is 0 Å². The number of primary amides is 1. The average Bonchev–Trinajstić information content (AvgIpc) is 3.04. The second-order valence-electron chi connectivity index (χ2n) is 10.2. The second kappa shape index (κ2) is 15.1. The van der Waals surface area contributed by atoms with Crippen LogP contribution in [0.25, 0.3) is 11.1 Å². The Morgan fingerprint density at radius 1 is 0.841 bits per heavy atom. The summed E-state index contributed by atoms with van der Waals surface area (Å²) in [6, 6.07) is 30.3. The zero-order chi connectivity index (χ0) is 31.5. The maximum atomic E-state index is 14.2. The number of carbonyl (C=O) groups excluding carboxylic acids is 3. The standard InChI is InChI=1S/C34H37N7O3/c1-36-39-22-38-28-16-10-15-27(30(28)26-19-17-23(18-20-26)21-37-34(35)44)31(33(43)41(2)3)40-32(42)29(24-11-6-4-7-12-24)25-13-8-5-9-14-25/h4-20,22,29,31,36H,21H2,1-3H3,(H,38,39)(H,40,42)(H3,35,37,44). The molecule has 0 aliphatic rings. The van der Waals surface area contributed by atoms with Gasteiger partial charge in [0.25, 0.3) is 0 Å². The van der Waals surface area contributed by atoms with Crippen molar-refractivity contribution in [2.75, 3.05) is 21.1 Å². The van der Waals surface area contributed by atoms with Crippen LogP contribution in [0.3, 0.4) is 0 Å². The predicted octanol–water partition coefficient (Wildman–Crippen LogP) is 3.98. The highest BCUT2D eigenvalue weighted by atomic mass is 16.2. The van der Waals surface area contributed by atoms with E-state index in [2.05, 4.69) is 26.5 Å². The Morgan fingerprint density at radius 2 is 1.45 bits per heavy atom. The van der Waals surface area contributed by atoms with Gasteiger partial charge in [-0.15, -0.1) is 0 Å². The number of hydrogen-bond donors (Lipinski definition) is 5. The molecule has 6 N–H and O–H groups in total. The van der Waals surface area contributed by atoms with Gasteiger partial charge in [0, 0.05) is 33.3 Å². The number of rotatable bonds is 12. The van der Waals surface area contributed by atoms with E-state index in [1.165, 1.54) is 11.2 Å². The third-order valence-corrected chi connectivity index (χ3v) is 7.01. The zero-order valence-corrected chi connectivity index (χ0v) is 25.0. The van der Waals surface area contributed by atoms with Gasteiger partial charge in [0.2, 0.25) is 11.8 Å². The number of nitrogens with two attached hydrogens (primary N) is 1. The first-order valence-corrected chi connectivity index (χ1v) is 14.1. The minimum Gasteiger partial charge on any atom is -0.352 e. The van der Waals surface area contributed by atoms with E-state index in [-0.39, 0.29) is 18.4 Å². The molecule has 226 valence electrons. The molecular formula is C34H37N7O3. The number of benzene rings is 4. The lowest BCUT2D eigenvalue weighted by Crippen LogP contribution is -2.42. The molecule has 0 heterocycles. The number of likely N-dealkylation sites (N-methyl/N-ethyl adjacent to an activating group) is 1. The number of aliphatic imine (C=N–C) groups is 1. The van der Waals surface area contributed by atoms with Crippen molar-refractivity contribution in [3.63, 3.8) is 0 Å². The lowest BCUT2D eigenvalue weighted by molar-refractivity contribution is -0.134. The van der Waals surface area contributed by atoms with E-state index in [1.54, 1.807) is 21.1 Å². The molecule has 0 fully saturated rings.